The largest absolute Gasteiger partial charge is 0.416 e. The van der Waals surface area contributed by atoms with Crippen LogP contribution in [0.4, 0.5) is 13.2 Å². The summed E-state index contributed by atoms with van der Waals surface area (Å²) in [5, 5.41) is 0. The highest BCUT2D eigenvalue weighted by Crippen LogP contribution is 2.32. The summed E-state index contributed by atoms with van der Waals surface area (Å²) in [6.45, 7) is 1.59. The van der Waals surface area contributed by atoms with Gasteiger partial charge in [-0.1, -0.05) is 0 Å². The van der Waals surface area contributed by atoms with Crippen LogP contribution < -0.4 is 5.73 Å². The van der Waals surface area contributed by atoms with Gasteiger partial charge in [-0.25, -0.2) is 0 Å². The SMILES string of the molecule is C[C@H]1C[C@H](N)[C@@H](C(F)(F)F)O1. The standard InChI is InChI=1S/C6H10F3NO/c1-3-2-4(10)5(11-3)6(7,8)9/h3-5H,2,10H2,1H3/t3-,4-,5-/m0/s1. The monoisotopic (exact) mass is 169 g/mol. The average molecular weight is 169 g/mol. The Labute approximate surface area is 62.5 Å². The molecule has 0 spiro atoms. The summed E-state index contributed by atoms with van der Waals surface area (Å²) in [7, 11) is 0. The van der Waals surface area contributed by atoms with E-state index in [1.807, 2.05) is 0 Å². The van der Waals surface area contributed by atoms with Gasteiger partial charge in [-0.3, -0.25) is 0 Å². The Balaban J connectivity index is 2.60. The van der Waals surface area contributed by atoms with Crippen molar-refractivity contribution in [2.75, 3.05) is 0 Å². The van der Waals surface area contributed by atoms with E-state index < -0.39 is 18.3 Å². The lowest BCUT2D eigenvalue weighted by Crippen LogP contribution is -2.41. The quantitative estimate of drug-likeness (QED) is 0.588. The Morgan fingerprint density at radius 3 is 2.18 bits per heavy atom. The molecule has 1 aliphatic rings. The summed E-state index contributed by atoms with van der Waals surface area (Å²) >= 11 is 0. The predicted octanol–water partition coefficient (Wildman–Crippen LogP) is 1.05. The zero-order chi connectivity index (χ0) is 8.65. The minimum Gasteiger partial charge on any atom is -0.364 e. The molecule has 1 rings (SSSR count). The van der Waals surface area contributed by atoms with Crippen LogP contribution in [0.5, 0.6) is 0 Å². The molecule has 0 bridgehead atoms. The van der Waals surface area contributed by atoms with Crippen molar-refractivity contribution in [1.29, 1.82) is 0 Å². The molecule has 0 saturated carbocycles. The van der Waals surface area contributed by atoms with Gasteiger partial charge < -0.3 is 10.5 Å². The lowest BCUT2D eigenvalue weighted by molar-refractivity contribution is -0.216. The first-order valence-corrected chi connectivity index (χ1v) is 3.39. The van der Waals surface area contributed by atoms with Crippen LogP contribution in [-0.4, -0.2) is 24.4 Å². The summed E-state index contributed by atoms with van der Waals surface area (Å²) in [6.07, 6.45) is -6.18. The maximum atomic E-state index is 12.0. The van der Waals surface area contributed by atoms with Gasteiger partial charge in [-0.05, 0) is 13.3 Å². The van der Waals surface area contributed by atoms with Crippen molar-refractivity contribution in [3.8, 4) is 0 Å². The zero-order valence-corrected chi connectivity index (χ0v) is 6.06. The molecule has 11 heavy (non-hydrogen) atoms. The fraction of sp³-hybridized carbons (Fsp3) is 1.00. The van der Waals surface area contributed by atoms with Gasteiger partial charge >= 0.3 is 6.18 Å². The second-order valence-electron chi connectivity index (χ2n) is 2.81. The maximum absolute atomic E-state index is 12.0. The summed E-state index contributed by atoms with van der Waals surface area (Å²) in [6, 6.07) is -0.898. The van der Waals surface area contributed by atoms with E-state index >= 15 is 0 Å². The molecule has 0 aliphatic carbocycles. The summed E-state index contributed by atoms with van der Waals surface area (Å²) in [5.41, 5.74) is 5.21. The first kappa shape index (κ1) is 8.80. The molecule has 66 valence electrons. The Hall–Kier alpha value is -0.290. The average Bonchev–Trinajstić information content (AvgIpc) is 2.08. The van der Waals surface area contributed by atoms with Crippen molar-refractivity contribution in [2.24, 2.45) is 5.73 Å². The Morgan fingerprint density at radius 1 is 1.45 bits per heavy atom. The van der Waals surface area contributed by atoms with Gasteiger partial charge in [-0.15, -0.1) is 0 Å². The molecule has 2 N–H and O–H groups in total. The molecule has 0 amide bonds. The van der Waals surface area contributed by atoms with Gasteiger partial charge in [0, 0.05) is 6.04 Å². The van der Waals surface area contributed by atoms with Crippen molar-refractivity contribution in [1.82, 2.24) is 0 Å². The third-order valence-electron chi connectivity index (χ3n) is 1.69. The number of ether oxygens (including phenoxy) is 1. The van der Waals surface area contributed by atoms with Crippen LogP contribution >= 0.6 is 0 Å². The van der Waals surface area contributed by atoms with Gasteiger partial charge in [-0.2, -0.15) is 13.2 Å². The highest BCUT2D eigenvalue weighted by Gasteiger charge is 2.49. The van der Waals surface area contributed by atoms with Crippen molar-refractivity contribution < 1.29 is 17.9 Å². The fourth-order valence-electron chi connectivity index (χ4n) is 1.23. The molecule has 0 aromatic heterocycles. The maximum Gasteiger partial charge on any atom is 0.416 e. The van der Waals surface area contributed by atoms with Crippen molar-refractivity contribution in [2.45, 2.75) is 37.8 Å². The van der Waals surface area contributed by atoms with E-state index in [9.17, 15) is 13.2 Å². The number of alkyl halides is 3. The van der Waals surface area contributed by atoms with Gasteiger partial charge in [0.15, 0.2) is 6.10 Å². The normalized spacial score (nSPS) is 39.5. The van der Waals surface area contributed by atoms with E-state index in [4.69, 9.17) is 5.73 Å². The predicted molar refractivity (Wildman–Crippen MR) is 33.0 cm³/mol. The van der Waals surface area contributed by atoms with Crippen LogP contribution in [0, 0.1) is 0 Å². The second kappa shape index (κ2) is 2.64. The first-order chi connectivity index (χ1) is 4.91. The van der Waals surface area contributed by atoms with Crippen LogP contribution in [0.25, 0.3) is 0 Å². The molecule has 3 atom stereocenters. The van der Waals surface area contributed by atoms with Gasteiger partial charge in [0.2, 0.25) is 0 Å². The molecule has 1 aliphatic heterocycles. The smallest absolute Gasteiger partial charge is 0.364 e. The third kappa shape index (κ3) is 1.84. The van der Waals surface area contributed by atoms with Gasteiger partial charge in [0.25, 0.3) is 0 Å². The highest BCUT2D eigenvalue weighted by atomic mass is 19.4. The molecule has 1 fully saturated rings. The number of halogens is 3. The number of nitrogens with two attached hydrogens (primary N) is 1. The fourth-order valence-corrected chi connectivity index (χ4v) is 1.23. The first-order valence-electron chi connectivity index (χ1n) is 3.39. The van der Waals surface area contributed by atoms with E-state index in [0.29, 0.717) is 0 Å². The van der Waals surface area contributed by atoms with Gasteiger partial charge in [0.05, 0.1) is 6.10 Å². The van der Waals surface area contributed by atoms with Gasteiger partial charge in [0.1, 0.15) is 0 Å². The summed E-state index contributed by atoms with van der Waals surface area (Å²) < 4.78 is 40.5. The highest BCUT2D eigenvalue weighted by molar-refractivity contribution is 4.87. The molecule has 2 nitrogen and oxygen atoms in total. The zero-order valence-electron chi connectivity index (χ0n) is 6.06. The van der Waals surface area contributed by atoms with E-state index in [0.717, 1.165) is 0 Å². The minimum absolute atomic E-state index is 0.282. The molecule has 5 heteroatoms. The number of hydrogen-bond acceptors (Lipinski definition) is 2. The molecular formula is C6H10F3NO. The third-order valence-corrected chi connectivity index (χ3v) is 1.69. The van der Waals surface area contributed by atoms with E-state index in [1.54, 1.807) is 6.92 Å². The van der Waals surface area contributed by atoms with Crippen LogP contribution in [0.2, 0.25) is 0 Å². The number of hydrogen-bond donors (Lipinski definition) is 1. The molecule has 0 aromatic carbocycles. The minimum atomic E-state index is -4.32. The van der Waals surface area contributed by atoms with E-state index in [1.165, 1.54) is 0 Å². The van der Waals surface area contributed by atoms with Crippen molar-refractivity contribution in [3.63, 3.8) is 0 Å². The summed E-state index contributed by atoms with van der Waals surface area (Å²) in [5.74, 6) is 0. The van der Waals surface area contributed by atoms with Crippen molar-refractivity contribution >= 4 is 0 Å². The lowest BCUT2D eigenvalue weighted by Gasteiger charge is -2.17. The molecule has 0 unspecified atom stereocenters. The lowest BCUT2D eigenvalue weighted by atomic mass is 10.1. The molecule has 0 aromatic rings. The Morgan fingerprint density at radius 2 is 2.00 bits per heavy atom. The van der Waals surface area contributed by atoms with E-state index in [-0.39, 0.29) is 12.5 Å². The number of rotatable bonds is 0. The molecular weight excluding hydrogens is 159 g/mol. The van der Waals surface area contributed by atoms with Crippen LogP contribution in [0.1, 0.15) is 13.3 Å². The van der Waals surface area contributed by atoms with Crippen LogP contribution in [0.15, 0.2) is 0 Å². The molecule has 1 saturated heterocycles. The Kier molecular flexibility index (Phi) is 2.11. The van der Waals surface area contributed by atoms with Crippen LogP contribution in [0.3, 0.4) is 0 Å². The Bertz CT molecular complexity index is 147. The molecule has 0 radical (unpaired) electrons. The summed E-state index contributed by atoms with van der Waals surface area (Å²) in [4.78, 5) is 0. The van der Waals surface area contributed by atoms with Crippen LogP contribution in [-0.2, 0) is 4.74 Å². The van der Waals surface area contributed by atoms with E-state index in [2.05, 4.69) is 4.74 Å². The van der Waals surface area contributed by atoms with Crippen molar-refractivity contribution in [3.05, 3.63) is 0 Å². The second-order valence-corrected chi connectivity index (χ2v) is 2.81. The molecule has 1 heterocycles. The topological polar surface area (TPSA) is 35.2 Å².